The van der Waals surface area contributed by atoms with E-state index < -0.39 is 5.91 Å². The lowest BCUT2D eigenvalue weighted by Crippen LogP contribution is -2.20. The Bertz CT molecular complexity index is 736. The largest absolute Gasteiger partial charge is 0.484 e. The van der Waals surface area contributed by atoms with Crippen LogP contribution < -0.4 is 10.1 Å². The number of carbonyl (C=O) groups excluding carboxylic acids is 2. The third-order valence-electron chi connectivity index (χ3n) is 2.76. The van der Waals surface area contributed by atoms with Crippen molar-refractivity contribution in [1.82, 2.24) is 0 Å². The van der Waals surface area contributed by atoms with E-state index in [0.717, 1.165) is 6.29 Å². The van der Waals surface area contributed by atoms with Crippen LogP contribution in [-0.4, -0.2) is 18.8 Å². The molecule has 0 heterocycles. The van der Waals surface area contributed by atoms with Gasteiger partial charge in [-0.15, -0.1) is 0 Å². The van der Waals surface area contributed by atoms with Gasteiger partial charge in [-0.2, -0.15) is 5.26 Å². The smallest absolute Gasteiger partial charge is 0.262 e. The average molecular weight is 315 g/mol. The van der Waals surface area contributed by atoms with E-state index in [1.807, 2.05) is 6.07 Å². The molecule has 1 amide bonds. The van der Waals surface area contributed by atoms with Crippen molar-refractivity contribution in [2.24, 2.45) is 0 Å². The van der Waals surface area contributed by atoms with Crippen LogP contribution in [0.5, 0.6) is 5.75 Å². The maximum Gasteiger partial charge on any atom is 0.262 e. The Morgan fingerprint density at radius 2 is 2.00 bits per heavy atom. The van der Waals surface area contributed by atoms with Crippen LogP contribution in [0.25, 0.3) is 0 Å². The minimum Gasteiger partial charge on any atom is -0.484 e. The Kier molecular flexibility index (Phi) is 5.12. The Morgan fingerprint density at radius 1 is 1.27 bits per heavy atom. The molecule has 0 saturated carbocycles. The van der Waals surface area contributed by atoms with Crippen LogP contribution in [-0.2, 0) is 4.79 Å². The molecular formula is C16H11ClN2O3. The number of nitriles is 1. The summed E-state index contributed by atoms with van der Waals surface area (Å²) in [6, 6.07) is 12.9. The number of nitrogens with zero attached hydrogens (tertiary/aromatic N) is 1. The van der Waals surface area contributed by atoms with Gasteiger partial charge in [0.25, 0.3) is 5.91 Å². The second-order valence-electron chi connectivity index (χ2n) is 4.33. The summed E-state index contributed by atoms with van der Waals surface area (Å²) in [6.07, 6.45) is 0.721. The van der Waals surface area contributed by atoms with Gasteiger partial charge in [0.1, 0.15) is 18.1 Å². The zero-order chi connectivity index (χ0) is 15.9. The minimum atomic E-state index is -0.418. The quantitative estimate of drug-likeness (QED) is 0.860. The normalized spacial score (nSPS) is 9.64. The topological polar surface area (TPSA) is 79.2 Å². The second-order valence-corrected chi connectivity index (χ2v) is 4.76. The standard InChI is InChI=1S/C16H11ClN2O3/c17-13-4-3-12(8-18)15(7-13)19-16(21)10-22-14-5-1-11(9-20)2-6-14/h1-7,9H,10H2,(H,19,21). The van der Waals surface area contributed by atoms with Crippen molar-refractivity contribution in [2.45, 2.75) is 0 Å². The lowest BCUT2D eigenvalue weighted by atomic mass is 10.2. The van der Waals surface area contributed by atoms with Crippen molar-refractivity contribution < 1.29 is 14.3 Å². The minimum absolute atomic E-state index is 0.224. The molecule has 0 aliphatic carbocycles. The van der Waals surface area contributed by atoms with Crippen LogP contribution in [0.1, 0.15) is 15.9 Å². The first kappa shape index (κ1) is 15.5. The molecule has 5 nitrogen and oxygen atoms in total. The highest BCUT2D eigenvalue weighted by Crippen LogP contribution is 2.20. The first-order valence-corrected chi connectivity index (χ1v) is 6.67. The highest BCUT2D eigenvalue weighted by Gasteiger charge is 2.08. The lowest BCUT2D eigenvalue weighted by Gasteiger charge is -2.09. The van der Waals surface area contributed by atoms with Gasteiger partial charge in [0.2, 0.25) is 0 Å². The molecule has 0 atom stereocenters. The van der Waals surface area contributed by atoms with Crippen molar-refractivity contribution in [3.8, 4) is 11.8 Å². The van der Waals surface area contributed by atoms with E-state index in [-0.39, 0.29) is 6.61 Å². The van der Waals surface area contributed by atoms with Gasteiger partial charge in [0.05, 0.1) is 11.3 Å². The molecule has 0 radical (unpaired) electrons. The highest BCUT2D eigenvalue weighted by molar-refractivity contribution is 6.31. The fraction of sp³-hybridized carbons (Fsp3) is 0.0625. The van der Waals surface area contributed by atoms with E-state index in [9.17, 15) is 9.59 Å². The second kappa shape index (κ2) is 7.25. The Balaban J connectivity index is 1.97. The van der Waals surface area contributed by atoms with E-state index in [4.69, 9.17) is 21.6 Å². The number of aldehydes is 1. The molecular weight excluding hydrogens is 304 g/mol. The zero-order valence-corrected chi connectivity index (χ0v) is 12.1. The molecule has 0 fully saturated rings. The summed E-state index contributed by atoms with van der Waals surface area (Å²) in [6.45, 7) is -0.224. The molecule has 0 spiro atoms. The van der Waals surface area contributed by atoms with Crippen molar-refractivity contribution >= 4 is 29.5 Å². The number of ether oxygens (including phenoxy) is 1. The monoisotopic (exact) mass is 314 g/mol. The van der Waals surface area contributed by atoms with Gasteiger partial charge in [-0.25, -0.2) is 0 Å². The number of hydrogen-bond donors (Lipinski definition) is 1. The molecule has 0 saturated heterocycles. The summed E-state index contributed by atoms with van der Waals surface area (Å²) in [4.78, 5) is 22.4. The van der Waals surface area contributed by atoms with Crippen LogP contribution >= 0.6 is 11.6 Å². The van der Waals surface area contributed by atoms with Gasteiger partial charge in [-0.05, 0) is 42.5 Å². The number of nitrogens with one attached hydrogen (secondary N) is 1. The number of halogens is 1. The molecule has 0 bridgehead atoms. The predicted molar refractivity (Wildman–Crippen MR) is 82.1 cm³/mol. The van der Waals surface area contributed by atoms with Gasteiger partial charge in [0.15, 0.2) is 6.61 Å². The fourth-order valence-corrected chi connectivity index (χ4v) is 1.87. The highest BCUT2D eigenvalue weighted by atomic mass is 35.5. The van der Waals surface area contributed by atoms with Crippen molar-refractivity contribution in [2.75, 3.05) is 11.9 Å². The predicted octanol–water partition coefficient (Wildman–Crippen LogP) is 3.04. The number of anilines is 1. The molecule has 22 heavy (non-hydrogen) atoms. The number of benzene rings is 2. The van der Waals surface area contributed by atoms with Crippen molar-refractivity contribution in [1.29, 1.82) is 5.26 Å². The number of hydrogen-bond acceptors (Lipinski definition) is 4. The first-order chi connectivity index (χ1) is 10.6. The molecule has 0 aliphatic rings. The van der Waals surface area contributed by atoms with Gasteiger partial charge in [-0.3, -0.25) is 9.59 Å². The van der Waals surface area contributed by atoms with E-state index in [1.165, 1.54) is 12.1 Å². The maximum atomic E-state index is 11.8. The summed E-state index contributed by atoms with van der Waals surface area (Å²) in [5.41, 5.74) is 1.17. The van der Waals surface area contributed by atoms with Gasteiger partial charge in [0, 0.05) is 10.6 Å². The van der Waals surface area contributed by atoms with Gasteiger partial charge < -0.3 is 10.1 Å². The fourth-order valence-electron chi connectivity index (χ4n) is 1.70. The van der Waals surface area contributed by atoms with Gasteiger partial charge in [-0.1, -0.05) is 11.6 Å². The lowest BCUT2D eigenvalue weighted by molar-refractivity contribution is -0.118. The molecule has 110 valence electrons. The van der Waals surface area contributed by atoms with E-state index in [1.54, 1.807) is 30.3 Å². The Hall–Kier alpha value is -2.84. The number of carbonyl (C=O) groups is 2. The van der Waals surface area contributed by atoms with Crippen LogP contribution in [0.15, 0.2) is 42.5 Å². The third kappa shape index (κ3) is 4.08. The molecule has 1 N–H and O–H groups in total. The number of amides is 1. The molecule has 0 aromatic heterocycles. The SMILES string of the molecule is N#Cc1ccc(Cl)cc1NC(=O)COc1ccc(C=O)cc1. The van der Waals surface area contributed by atoms with Crippen LogP contribution in [0.3, 0.4) is 0 Å². The first-order valence-electron chi connectivity index (χ1n) is 6.30. The zero-order valence-electron chi connectivity index (χ0n) is 11.4. The van der Waals surface area contributed by atoms with Crippen molar-refractivity contribution in [3.63, 3.8) is 0 Å². The van der Waals surface area contributed by atoms with Crippen molar-refractivity contribution in [3.05, 3.63) is 58.6 Å². The number of rotatable bonds is 5. The van der Waals surface area contributed by atoms with Crippen LogP contribution in [0.4, 0.5) is 5.69 Å². The average Bonchev–Trinajstić information content (AvgIpc) is 2.53. The summed E-state index contributed by atoms with van der Waals surface area (Å²) < 4.78 is 5.30. The van der Waals surface area contributed by atoms with E-state index in [0.29, 0.717) is 27.6 Å². The molecule has 2 aromatic rings. The molecule has 0 unspecified atom stereocenters. The third-order valence-corrected chi connectivity index (χ3v) is 3.00. The van der Waals surface area contributed by atoms with Crippen LogP contribution in [0, 0.1) is 11.3 Å². The summed E-state index contributed by atoms with van der Waals surface area (Å²) in [5.74, 6) is 0.0468. The van der Waals surface area contributed by atoms with E-state index >= 15 is 0 Å². The molecule has 6 heteroatoms. The maximum absolute atomic E-state index is 11.8. The van der Waals surface area contributed by atoms with Gasteiger partial charge >= 0.3 is 0 Å². The summed E-state index contributed by atoms with van der Waals surface area (Å²) in [7, 11) is 0. The Labute approximate surface area is 132 Å². The summed E-state index contributed by atoms with van der Waals surface area (Å²) >= 11 is 5.84. The van der Waals surface area contributed by atoms with Crippen LogP contribution in [0.2, 0.25) is 5.02 Å². The van der Waals surface area contributed by atoms with E-state index in [2.05, 4.69) is 5.32 Å². The Morgan fingerprint density at radius 3 is 2.64 bits per heavy atom. The molecule has 2 aromatic carbocycles. The molecule has 0 aliphatic heterocycles. The molecule has 2 rings (SSSR count). The summed E-state index contributed by atoms with van der Waals surface area (Å²) in [5, 5.41) is 12.0.